The van der Waals surface area contributed by atoms with Crippen LogP contribution in [0, 0.1) is 0 Å². The average Bonchev–Trinajstić information content (AvgIpc) is 3.22. The number of carbonyl (C=O) groups excluding carboxylic acids is 2. The van der Waals surface area contributed by atoms with Crippen LogP contribution in [0.5, 0.6) is 0 Å². The van der Waals surface area contributed by atoms with E-state index in [0.29, 0.717) is 13.2 Å². The molecule has 0 radical (unpaired) electrons. The molecule has 3 aliphatic heterocycles. The quantitative estimate of drug-likeness (QED) is 0.485. The van der Waals surface area contributed by atoms with Crippen molar-refractivity contribution in [1.82, 2.24) is 9.80 Å². The van der Waals surface area contributed by atoms with Crippen molar-refractivity contribution in [3.63, 3.8) is 0 Å². The largest absolute Gasteiger partial charge is 0.481 e. The van der Waals surface area contributed by atoms with Crippen molar-refractivity contribution in [2.24, 2.45) is 0 Å². The number of nitrogens with zero attached hydrogens (tertiary/aromatic N) is 2. The number of urea groups is 1. The van der Waals surface area contributed by atoms with Crippen LogP contribution in [0.15, 0.2) is 0 Å². The van der Waals surface area contributed by atoms with Crippen molar-refractivity contribution in [2.75, 3.05) is 26.3 Å². The minimum Gasteiger partial charge on any atom is -0.481 e. The molecule has 0 bridgehead atoms. The van der Waals surface area contributed by atoms with Gasteiger partial charge in [0.15, 0.2) is 0 Å². The highest BCUT2D eigenvalue weighted by Crippen LogP contribution is 2.25. The summed E-state index contributed by atoms with van der Waals surface area (Å²) < 4.78 is 10.0. The number of ether oxygens (including phenoxy) is 2. The number of carboxylic acids is 1. The summed E-state index contributed by atoms with van der Waals surface area (Å²) in [4.78, 5) is 37.5. The first-order valence-electron chi connectivity index (χ1n) is 6.13. The van der Waals surface area contributed by atoms with E-state index >= 15 is 0 Å². The maximum atomic E-state index is 12.2. The van der Waals surface area contributed by atoms with Crippen LogP contribution < -0.4 is 0 Å². The van der Waals surface area contributed by atoms with E-state index in [1.165, 1.54) is 4.90 Å². The maximum Gasteiger partial charge on any atom is 0.327 e. The zero-order chi connectivity index (χ0) is 13.6. The molecule has 3 saturated heterocycles. The Morgan fingerprint density at radius 1 is 1.21 bits per heavy atom. The smallest absolute Gasteiger partial charge is 0.327 e. The Morgan fingerprint density at radius 3 is 2.32 bits per heavy atom. The van der Waals surface area contributed by atoms with Crippen LogP contribution in [0.4, 0.5) is 4.79 Å². The fraction of sp³-hybridized carbons (Fsp3) is 0.727. The molecule has 3 rings (SSSR count). The molecule has 1 N–H and O–H groups in total. The first-order valence-corrected chi connectivity index (χ1v) is 6.13. The topological polar surface area (TPSA) is 103 Å². The summed E-state index contributed by atoms with van der Waals surface area (Å²) in [6.45, 7) is 1.55. The van der Waals surface area contributed by atoms with Crippen molar-refractivity contribution in [2.45, 2.75) is 24.7 Å². The lowest BCUT2D eigenvalue weighted by Gasteiger charge is -2.19. The molecule has 0 aromatic carbocycles. The molecule has 19 heavy (non-hydrogen) atoms. The number of rotatable bonds is 6. The van der Waals surface area contributed by atoms with Crippen molar-refractivity contribution in [3.8, 4) is 0 Å². The Balaban J connectivity index is 1.74. The van der Waals surface area contributed by atoms with Gasteiger partial charge in [0.25, 0.3) is 5.91 Å². The van der Waals surface area contributed by atoms with Crippen molar-refractivity contribution in [3.05, 3.63) is 0 Å². The van der Waals surface area contributed by atoms with Gasteiger partial charge in [0.05, 0.1) is 44.9 Å². The Bertz CT molecular complexity index is 431. The third-order valence-electron chi connectivity index (χ3n) is 3.36. The number of aliphatic carboxylic acids is 1. The SMILES string of the molecule is O=C(O)CC1C(=O)N(CC2CO2)C(=O)N1CC1CO1. The molecular formula is C11H14N2O6. The molecule has 3 heterocycles. The van der Waals surface area contributed by atoms with Gasteiger partial charge in [-0.1, -0.05) is 0 Å². The third kappa shape index (κ3) is 2.54. The number of amides is 3. The zero-order valence-electron chi connectivity index (χ0n) is 10.2. The van der Waals surface area contributed by atoms with E-state index in [1.807, 2.05) is 0 Å². The fourth-order valence-corrected chi connectivity index (χ4v) is 2.20. The van der Waals surface area contributed by atoms with Crippen LogP contribution in [0.3, 0.4) is 0 Å². The Hall–Kier alpha value is -1.67. The summed E-state index contributed by atoms with van der Waals surface area (Å²) >= 11 is 0. The highest BCUT2D eigenvalue weighted by molar-refractivity contribution is 6.05. The summed E-state index contributed by atoms with van der Waals surface area (Å²) in [7, 11) is 0. The lowest BCUT2D eigenvalue weighted by molar-refractivity contribution is -0.141. The molecule has 3 unspecified atom stereocenters. The predicted octanol–water partition coefficient (Wildman–Crippen LogP) is -1.11. The Labute approximate surface area is 108 Å². The molecule has 8 nitrogen and oxygen atoms in total. The van der Waals surface area contributed by atoms with Crippen molar-refractivity contribution in [1.29, 1.82) is 0 Å². The number of epoxide rings is 2. The highest BCUT2D eigenvalue weighted by Gasteiger charge is 2.49. The minimum absolute atomic E-state index is 0.0785. The monoisotopic (exact) mass is 270 g/mol. The van der Waals surface area contributed by atoms with Crippen LogP contribution in [0.25, 0.3) is 0 Å². The van der Waals surface area contributed by atoms with E-state index in [2.05, 4.69) is 0 Å². The minimum atomic E-state index is -1.10. The second-order valence-corrected chi connectivity index (χ2v) is 4.91. The average molecular weight is 270 g/mol. The lowest BCUT2D eigenvalue weighted by atomic mass is 10.2. The van der Waals surface area contributed by atoms with Crippen LogP contribution in [0.1, 0.15) is 6.42 Å². The van der Waals surface area contributed by atoms with Gasteiger partial charge in [0, 0.05) is 0 Å². The standard InChI is InChI=1S/C11H14N2O6/c14-9(15)1-8-10(16)13(3-7-5-19-7)11(17)12(8)2-6-4-18-6/h6-8H,1-5H2,(H,14,15). The molecule has 0 spiro atoms. The van der Waals surface area contributed by atoms with E-state index in [-0.39, 0.29) is 31.7 Å². The van der Waals surface area contributed by atoms with Gasteiger partial charge in [0.2, 0.25) is 0 Å². The molecule has 3 atom stereocenters. The molecular weight excluding hydrogens is 256 g/mol. The van der Waals surface area contributed by atoms with Crippen LogP contribution in [-0.2, 0) is 19.1 Å². The van der Waals surface area contributed by atoms with Gasteiger partial charge in [-0.2, -0.15) is 0 Å². The van der Waals surface area contributed by atoms with Gasteiger partial charge < -0.3 is 19.5 Å². The van der Waals surface area contributed by atoms with Gasteiger partial charge >= 0.3 is 12.0 Å². The van der Waals surface area contributed by atoms with E-state index in [0.717, 1.165) is 4.90 Å². The molecule has 0 aromatic rings. The molecule has 104 valence electrons. The van der Waals surface area contributed by atoms with Crippen LogP contribution in [-0.4, -0.2) is 77.4 Å². The zero-order valence-corrected chi connectivity index (χ0v) is 10.2. The molecule has 3 aliphatic rings. The van der Waals surface area contributed by atoms with Crippen molar-refractivity contribution >= 4 is 17.9 Å². The molecule has 3 amide bonds. The lowest BCUT2D eigenvalue weighted by Crippen LogP contribution is -2.39. The maximum absolute atomic E-state index is 12.2. The van der Waals surface area contributed by atoms with Gasteiger partial charge in [-0.15, -0.1) is 0 Å². The Morgan fingerprint density at radius 2 is 1.79 bits per heavy atom. The van der Waals surface area contributed by atoms with Gasteiger partial charge in [-0.3, -0.25) is 14.5 Å². The Kier molecular flexibility index (Phi) is 2.90. The highest BCUT2D eigenvalue weighted by atomic mass is 16.6. The van der Waals surface area contributed by atoms with Gasteiger partial charge in [-0.05, 0) is 0 Å². The fourth-order valence-electron chi connectivity index (χ4n) is 2.20. The molecule has 0 saturated carbocycles. The number of hydrogen-bond donors (Lipinski definition) is 1. The number of carboxylic acid groups (broad SMARTS) is 1. The van der Waals surface area contributed by atoms with E-state index in [1.54, 1.807) is 0 Å². The summed E-state index contributed by atoms with van der Waals surface area (Å²) in [6.07, 6.45) is -0.556. The third-order valence-corrected chi connectivity index (χ3v) is 3.36. The summed E-state index contributed by atoms with van der Waals surface area (Å²) in [5.74, 6) is -1.55. The first kappa shape index (κ1) is 12.4. The number of hydrogen-bond acceptors (Lipinski definition) is 5. The van der Waals surface area contributed by atoms with E-state index in [9.17, 15) is 14.4 Å². The second-order valence-electron chi connectivity index (χ2n) is 4.91. The summed E-state index contributed by atoms with van der Waals surface area (Å²) in [6, 6.07) is -1.37. The molecule has 0 aliphatic carbocycles. The molecule has 3 fully saturated rings. The molecule has 0 aromatic heterocycles. The van der Waals surface area contributed by atoms with Gasteiger partial charge in [-0.25, -0.2) is 4.79 Å². The van der Waals surface area contributed by atoms with E-state index in [4.69, 9.17) is 14.6 Å². The predicted molar refractivity (Wildman–Crippen MR) is 59.3 cm³/mol. The second kappa shape index (κ2) is 4.46. The van der Waals surface area contributed by atoms with Gasteiger partial charge in [0.1, 0.15) is 6.04 Å². The summed E-state index contributed by atoms with van der Waals surface area (Å²) in [5.41, 5.74) is 0. The van der Waals surface area contributed by atoms with E-state index < -0.39 is 23.9 Å². The molecule has 8 heteroatoms. The van der Waals surface area contributed by atoms with Crippen LogP contribution in [0.2, 0.25) is 0 Å². The summed E-state index contributed by atoms with van der Waals surface area (Å²) in [5, 5.41) is 8.86. The van der Waals surface area contributed by atoms with Crippen LogP contribution >= 0.6 is 0 Å². The normalized spacial score (nSPS) is 32.9. The number of carbonyl (C=O) groups is 3. The first-order chi connectivity index (χ1) is 9.06. The number of imide groups is 1. The van der Waals surface area contributed by atoms with Crippen molar-refractivity contribution < 1.29 is 29.0 Å².